The van der Waals surface area contributed by atoms with Crippen molar-refractivity contribution in [1.29, 1.82) is 0 Å². The van der Waals surface area contributed by atoms with Crippen LogP contribution in [0.3, 0.4) is 0 Å². The Labute approximate surface area is 370 Å². The highest BCUT2D eigenvalue weighted by Crippen LogP contribution is 2.42. The van der Waals surface area contributed by atoms with E-state index in [1.54, 1.807) is 0 Å². The molecule has 0 fully saturated rings. The highest BCUT2D eigenvalue weighted by atomic mass is 16.5. The minimum Gasteiger partial charge on any atom is -0.465 e. The van der Waals surface area contributed by atoms with E-state index < -0.39 is 0 Å². The third-order valence-electron chi connectivity index (χ3n) is 11.9. The number of benzene rings is 7. The van der Waals surface area contributed by atoms with Gasteiger partial charge in [0, 0.05) is 34.4 Å². The van der Waals surface area contributed by atoms with Crippen LogP contribution in [-0.4, -0.2) is 25.7 Å². The molecule has 0 saturated carbocycles. The van der Waals surface area contributed by atoms with Crippen molar-refractivity contribution in [1.82, 2.24) is 0 Å². The molecule has 7 rings (SSSR count). The van der Waals surface area contributed by atoms with Gasteiger partial charge in [-0.25, -0.2) is 0 Å². The second kappa shape index (κ2) is 18.7. The topological polar surface area (TPSA) is 44.8 Å². The van der Waals surface area contributed by atoms with E-state index in [0.717, 1.165) is 80.2 Å². The Hall–Kier alpha value is -6.46. The third-order valence-corrected chi connectivity index (χ3v) is 11.9. The lowest BCUT2D eigenvalue weighted by molar-refractivity contribution is -0.141. The molecule has 0 unspecified atom stereocenters. The fourth-order valence-electron chi connectivity index (χ4n) is 9.66. The fourth-order valence-corrected chi connectivity index (χ4v) is 9.66. The zero-order chi connectivity index (χ0) is 44.2. The summed E-state index contributed by atoms with van der Waals surface area (Å²) in [6.07, 6.45) is 1.03. The molecular weight excluding hydrogens is 759 g/mol. The van der Waals surface area contributed by atoms with E-state index in [2.05, 4.69) is 206 Å². The lowest BCUT2D eigenvalue weighted by Crippen LogP contribution is -2.28. The van der Waals surface area contributed by atoms with Crippen molar-refractivity contribution in [3.05, 3.63) is 194 Å². The van der Waals surface area contributed by atoms with E-state index in [1.165, 1.54) is 50.3 Å². The van der Waals surface area contributed by atoms with Crippen LogP contribution in [0.5, 0.6) is 0 Å². The van der Waals surface area contributed by atoms with Crippen molar-refractivity contribution in [3.63, 3.8) is 0 Å². The Balaban J connectivity index is 1.37. The molecule has 0 aliphatic carbocycles. The van der Waals surface area contributed by atoms with Gasteiger partial charge in [-0.3, -0.25) is 4.79 Å². The molecule has 0 radical (unpaired) electrons. The van der Waals surface area contributed by atoms with E-state index in [0.29, 0.717) is 6.61 Å². The number of nitrogens with zero attached hydrogens (tertiary/aromatic N) is 2. The van der Waals surface area contributed by atoms with Crippen LogP contribution in [0.15, 0.2) is 121 Å². The number of esters is 1. The summed E-state index contributed by atoms with van der Waals surface area (Å²) >= 11 is 0. The van der Waals surface area contributed by atoms with E-state index in [4.69, 9.17) is 4.74 Å². The third kappa shape index (κ3) is 9.09. The Morgan fingerprint density at radius 1 is 0.548 bits per heavy atom. The number of aryl methyl sites for hydroxylation is 9. The molecule has 62 heavy (non-hydrogen) atoms. The maximum Gasteiger partial charge on any atom is 0.325 e. The van der Waals surface area contributed by atoms with Crippen LogP contribution >= 0.6 is 0 Å². The second-order valence-corrected chi connectivity index (χ2v) is 17.1. The molecule has 7 aromatic rings. The summed E-state index contributed by atoms with van der Waals surface area (Å²) in [5.41, 5.74) is 21.0. The standard InChI is InChI=1S/C57H62N3O2/c1-12-28-59(56-41(8)31-37(4)32-42(56)9)47-22-18-45(19-23-47)54(51-26-27-52(50-17-15-14-16-49(50)51)58-55-39(6)29-36(3)30-40(55)7)46-20-24-48(25-21-46)60(35-53(61)62-13-2)57-43(10)33-38(5)34-44(57)11/h14-27,29-34,58H,12-13,28,35H2,1-11H3/q+1. The van der Waals surface area contributed by atoms with E-state index >= 15 is 0 Å². The number of carbonyl (C=O) groups excluding carboxylic acids is 1. The minimum absolute atomic E-state index is 0.114. The van der Waals surface area contributed by atoms with Crippen LogP contribution in [0.1, 0.15) is 87.0 Å². The number of rotatable bonds is 14. The second-order valence-electron chi connectivity index (χ2n) is 17.1. The largest absolute Gasteiger partial charge is 0.465 e. The summed E-state index contributed by atoms with van der Waals surface area (Å²) in [5.74, 6) is 0.880. The highest BCUT2D eigenvalue weighted by Gasteiger charge is 2.28. The molecule has 316 valence electrons. The molecule has 0 atom stereocenters. The SMILES string of the molecule is CCCN(c1ccc([C+](c2ccc(N(CC(=O)OCC)c3c(C)cc(C)cc3C)cc2)c2ccc(Nc3c(C)cc(C)cc3C)c3ccccc23)cc1)c1c(C)cc(C)cc1C. The number of fused-ring (bicyclic) bond motifs is 1. The van der Waals surface area contributed by atoms with Gasteiger partial charge in [-0.05, 0) is 182 Å². The Morgan fingerprint density at radius 3 is 1.48 bits per heavy atom. The first-order chi connectivity index (χ1) is 29.8. The zero-order valence-corrected chi connectivity index (χ0v) is 38.6. The molecular formula is C57H62N3O2+. The van der Waals surface area contributed by atoms with Gasteiger partial charge in [0.25, 0.3) is 0 Å². The smallest absolute Gasteiger partial charge is 0.325 e. The molecule has 1 N–H and O–H groups in total. The highest BCUT2D eigenvalue weighted by molar-refractivity contribution is 6.00. The first-order valence-electron chi connectivity index (χ1n) is 22.1. The summed E-state index contributed by atoms with van der Waals surface area (Å²) in [6.45, 7) is 24.9. The van der Waals surface area contributed by atoms with Gasteiger partial charge in [0.05, 0.1) is 46.3 Å². The molecule has 7 aromatic carbocycles. The Kier molecular flexibility index (Phi) is 13.1. The van der Waals surface area contributed by atoms with Crippen LogP contribution < -0.4 is 15.1 Å². The Bertz CT molecular complexity index is 2660. The van der Waals surface area contributed by atoms with Crippen molar-refractivity contribution >= 4 is 50.9 Å². The van der Waals surface area contributed by atoms with Gasteiger partial charge in [0.15, 0.2) is 0 Å². The predicted molar refractivity (Wildman–Crippen MR) is 264 cm³/mol. The lowest BCUT2D eigenvalue weighted by atomic mass is 9.82. The molecule has 5 heteroatoms. The van der Waals surface area contributed by atoms with Crippen LogP contribution in [0.2, 0.25) is 0 Å². The molecule has 0 aliphatic rings. The minimum atomic E-state index is -0.257. The summed E-state index contributed by atoms with van der Waals surface area (Å²) in [5, 5.41) is 6.15. The predicted octanol–water partition coefficient (Wildman–Crippen LogP) is 14.6. The van der Waals surface area contributed by atoms with E-state index in [-0.39, 0.29) is 12.5 Å². The maximum atomic E-state index is 13.1. The van der Waals surface area contributed by atoms with Gasteiger partial charge in [-0.15, -0.1) is 0 Å². The van der Waals surface area contributed by atoms with E-state index in [9.17, 15) is 4.79 Å². The van der Waals surface area contributed by atoms with Crippen LogP contribution in [0, 0.1) is 68.2 Å². The normalized spacial score (nSPS) is 11.1. The number of nitrogens with one attached hydrogen (secondary N) is 1. The van der Waals surface area contributed by atoms with Crippen LogP contribution in [-0.2, 0) is 9.53 Å². The van der Waals surface area contributed by atoms with E-state index in [1.807, 2.05) is 6.92 Å². The first-order valence-corrected chi connectivity index (χ1v) is 22.1. The summed E-state index contributed by atoms with van der Waals surface area (Å²) in [4.78, 5) is 17.7. The monoisotopic (exact) mass is 820 g/mol. The average molecular weight is 821 g/mol. The van der Waals surface area contributed by atoms with Crippen molar-refractivity contribution < 1.29 is 9.53 Å². The first kappa shape index (κ1) is 43.6. The average Bonchev–Trinajstić information content (AvgIpc) is 3.22. The fraction of sp³-hybridized carbons (Fsp3) is 0.263. The number of carbonyl (C=O) groups is 1. The van der Waals surface area contributed by atoms with Gasteiger partial charge in [0.1, 0.15) is 6.54 Å². The lowest BCUT2D eigenvalue weighted by Gasteiger charge is -2.29. The van der Waals surface area contributed by atoms with Crippen molar-refractivity contribution in [3.8, 4) is 0 Å². The molecule has 0 spiro atoms. The molecule has 0 heterocycles. The van der Waals surface area contributed by atoms with Gasteiger partial charge in [0.2, 0.25) is 0 Å². The van der Waals surface area contributed by atoms with Crippen molar-refractivity contribution in [2.24, 2.45) is 0 Å². The van der Waals surface area contributed by atoms with Crippen molar-refractivity contribution in [2.75, 3.05) is 34.8 Å². The molecule has 0 bridgehead atoms. The molecule has 0 aliphatic heterocycles. The molecule has 0 saturated heterocycles. The summed E-state index contributed by atoms with van der Waals surface area (Å²) < 4.78 is 5.50. The summed E-state index contributed by atoms with van der Waals surface area (Å²) in [7, 11) is 0. The van der Waals surface area contributed by atoms with Gasteiger partial charge < -0.3 is 19.9 Å². The molecule has 0 amide bonds. The molecule has 0 aromatic heterocycles. The maximum absolute atomic E-state index is 13.1. The van der Waals surface area contributed by atoms with Crippen LogP contribution in [0.4, 0.5) is 34.1 Å². The van der Waals surface area contributed by atoms with Crippen molar-refractivity contribution in [2.45, 2.75) is 82.6 Å². The number of hydrogen-bond acceptors (Lipinski definition) is 5. The van der Waals surface area contributed by atoms with Crippen LogP contribution in [0.25, 0.3) is 10.8 Å². The van der Waals surface area contributed by atoms with Gasteiger partial charge >= 0.3 is 5.97 Å². The summed E-state index contributed by atoms with van der Waals surface area (Å²) in [6, 6.07) is 44.5. The van der Waals surface area contributed by atoms with Gasteiger partial charge in [-0.1, -0.05) is 72.1 Å². The quantitative estimate of drug-likeness (QED) is 0.0673. The number of hydrogen-bond donors (Lipinski definition) is 1. The zero-order valence-electron chi connectivity index (χ0n) is 38.6. The Morgan fingerprint density at radius 2 is 1.00 bits per heavy atom. The van der Waals surface area contributed by atoms with Gasteiger partial charge in [-0.2, -0.15) is 0 Å². The number of ether oxygens (including phenoxy) is 1. The molecule has 5 nitrogen and oxygen atoms in total. The number of anilines is 6.